The topological polar surface area (TPSA) is 0 Å². The van der Waals surface area contributed by atoms with Crippen LogP contribution in [-0.2, 0) is 6.42 Å². The van der Waals surface area contributed by atoms with Gasteiger partial charge in [-0.3, -0.25) is 0 Å². The molecule has 0 fully saturated rings. The van der Waals surface area contributed by atoms with Crippen LogP contribution in [0.3, 0.4) is 0 Å². The second-order valence-electron chi connectivity index (χ2n) is 2.98. The fraction of sp³-hybridized carbons (Fsp3) is 0.333. The molecular weight excluding hydrogens is 180 g/mol. The molecule has 0 nitrogen and oxygen atoms in total. The van der Waals surface area contributed by atoms with Crippen molar-refractivity contribution in [2.75, 3.05) is 5.88 Å². The van der Waals surface area contributed by atoms with Crippen LogP contribution in [0.4, 0.5) is 0 Å². The third-order valence-electron chi connectivity index (χ3n) is 1.97. The quantitative estimate of drug-likeness (QED) is 0.638. The maximum atomic E-state index is 5.56. The monoisotopic (exact) mass is 194 g/mol. The molecule has 0 heterocycles. The minimum absolute atomic E-state index is 0.698. The summed E-state index contributed by atoms with van der Waals surface area (Å²) >= 11 is 5.56. The van der Waals surface area contributed by atoms with Gasteiger partial charge in [-0.15, -0.1) is 11.6 Å². The summed E-state index contributed by atoms with van der Waals surface area (Å²) in [7, 11) is 0. The van der Waals surface area contributed by atoms with Crippen LogP contribution in [-0.4, -0.2) is 5.88 Å². The van der Waals surface area contributed by atoms with Gasteiger partial charge in [0.25, 0.3) is 0 Å². The Labute approximate surface area is 85.2 Å². The highest BCUT2D eigenvalue weighted by Crippen LogP contribution is 2.07. The van der Waals surface area contributed by atoms with E-state index in [9.17, 15) is 0 Å². The second-order valence-corrected chi connectivity index (χ2v) is 3.35. The van der Waals surface area contributed by atoms with Crippen molar-refractivity contribution in [1.29, 1.82) is 0 Å². The highest BCUT2D eigenvalue weighted by Gasteiger charge is 1.88. The van der Waals surface area contributed by atoms with E-state index in [1.54, 1.807) is 0 Å². The third kappa shape index (κ3) is 3.65. The Kier molecular flexibility index (Phi) is 4.63. The van der Waals surface area contributed by atoms with E-state index in [4.69, 9.17) is 11.6 Å². The summed E-state index contributed by atoms with van der Waals surface area (Å²) in [5.74, 6) is 0.698. The molecule has 1 aromatic rings. The van der Waals surface area contributed by atoms with Crippen molar-refractivity contribution in [3.05, 3.63) is 41.5 Å². The van der Waals surface area contributed by atoms with E-state index in [0.717, 1.165) is 12.8 Å². The zero-order valence-electron chi connectivity index (χ0n) is 7.96. The molecule has 0 aliphatic carbocycles. The summed E-state index contributed by atoms with van der Waals surface area (Å²) in [6.45, 7) is 2.17. The molecule has 1 rings (SSSR count). The predicted molar refractivity (Wildman–Crippen MR) is 60.2 cm³/mol. The van der Waals surface area contributed by atoms with E-state index in [0.29, 0.717) is 5.88 Å². The number of hydrogen-bond donors (Lipinski definition) is 0. The summed E-state index contributed by atoms with van der Waals surface area (Å²) in [5, 5.41) is 0. The lowest BCUT2D eigenvalue weighted by Gasteiger charge is -1.96. The summed E-state index contributed by atoms with van der Waals surface area (Å²) in [6, 6.07) is 8.62. The van der Waals surface area contributed by atoms with E-state index >= 15 is 0 Å². The van der Waals surface area contributed by atoms with Gasteiger partial charge in [-0.1, -0.05) is 43.3 Å². The molecule has 0 spiro atoms. The molecule has 0 N–H and O–H groups in total. The van der Waals surface area contributed by atoms with Crippen LogP contribution < -0.4 is 0 Å². The molecule has 0 unspecified atom stereocenters. The number of benzene rings is 1. The van der Waals surface area contributed by atoms with Crippen molar-refractivity contribution in [2.45, 2.75) is 19.8 Å². The maximum absolute atomic E-state index is 5.56. The third-order valence-corrected chi connectivity index (χ3v) is 2.19. The van der Waals surface area contributed by atoms with E-state index < -0.39 is 0 Å². The van der Waals surface area contributed by atoms with Gasteiger partial charge in [-0.05, 0) is 24.0 Å². The highest BCUT2D eigenvalue weighted by atomic mass is 35.5. The molecule has 0 aliphatic rings. The molecule has 1 heteroatoms. The first-order chi connectivity index (χ1) is 6.36. The Bertz CT molecular complexity index is 259. The zero-order valence-corrected chi connectivity index (χ0v) is 8.72. The first-order valence-corrected chi connectivity index (χ1v) is 5.21. The normalized spacial score (nSPS) is 10.9. The highest BCUT2D eigenvalue weighted by molar-refractivity contribution is 6.17. The van der Waals surface area contributed by atoms with Crippen molar-refractivity contribution in [1.82, 2.24) is 0 Å². The predicted octanol–water partition coefficient (Wildman–Crippen LogP) is 3.89. The summed E-state index contributed by atoms with van der Waals surface area (Å²) in [5.41, 5.74) is 2.64. The first kappa shape index (κ1) is 10.3. The summed E-state index contributed by atoms with van der Waals surface area (Å²) < 4.78 is 0. The lowest BCUT2D eigenvalue weighted by Crippen LogP contribution is -1.79. The Hall–Kier alpha value is -0.750. The van der Waals surface area contributed by atoms with Gasteiger partial charge in [0.05, 0.1) is 0 Å². The molecule has 0 saturated heterocycles. The fourth-order valence-electron chi connectivity index (χ4n) is 1.15. The summed E-state index contributed by atoms with van der Waals surface area (Å²) in [4.78, 5) is 0. The second kappa shape index (κ2) is 5.82. The number of rotatable bonds is 4. The Balaban J connectivity index is 2.58. The van der Waals surface area contributed by atoms with Crippen LogP contribution in [0, 0.1) is 0 Å². The van der Waals surface area contributed by atoms with Crippen LogP contribution in [0.1, 0.15) is 24.5 Å². The SMILES string of the molecule is CCc1ccc(/C=C/CCCl)cc1. The largest absolute Gasteiger partial charge is 0.126 e. The number of allylic oxidation sites excluding steroid dienone is 1. The molecule has 0 aromatic heterocycles. The van der Waals surface area contributed by atoms with Gasteiger partial charge in [-0.25, -0.2) is 0 Å². The molecule has 0 amide bonds. The van der Waals surface area contributed by atoms with Crippen molar-refractivity contribution in [3.63, 3.8) is 0 Å². The average Bonchev–Trinajstić information content (AvgIpc) is 2.19. The van der Waals surface area contributed by atoms with Gasteiger partial charge < -0.3 is 0 Å². The lowest BCUT2D eigenvalue weighted by atomic mass is 10.1. The number of hydrogen-bond acceptors (Lipinski definition) is 0. The van der Waals surface area contributed by atoms with Crippen molar-refractivity contribution >= 4 is 17.7 Å². The Morgan fingerprint density at radius 2 is 1.92 bits per heavy atom. The summed E-state index contributed by atoms with van der Waals surface area (Å²) in [6.07, 6.45) is 6.26. The molecular formula is C12H15Cl. The standard InChI is InChI=1S/C12H15Cl/c1-2-11-6-8-12(9-7-11)5-3-4-10-13/h3,5-9H,2,4,10H2,1H3/b5-3+. The van der Waals surface area contributed by atoms with E-state index in [-0.39, 0.29) is 0 Å². The molecule has 13 heavy (non-hydrogen) atoms. The molecule has 0 saturated carbocycles. The molecule has 0 bridgehead atoms. The maximum Gasteiger partial charge on any atom is 0.0258 e. The fourth-order valence-corrected chi connectivity index (χ4v) is 1.27. The smallest absolute Gasteiger partial charge is 0.0258 e. The number of alkyl halides is 1. The van der Waals surface area contributed by atoms with Crippen LogP contribution >= 0.6 is 11.6 Å². The molecule has 0 atom stereocenters. The van der Waals surface area contributed by atoms with Crippen LogP contribution in [0.5, 0.6) is 0 Å². The Morgan fingerprint density at radius 1 is 1.23 bits per heavy atom. The minimum Gasteiger partial charge on any atom is -0.126 e. The van der Waals surface area contributed by atoms with Crippen molar-refractivity contribution in [3.8, 4) is 0 Å². The zero-order chi connectivity index (χ0) is 9.52. The van der Waals surface area contributed by atoms with E-state index in [2.05, 4.69) is 43.3 Å². The van der Waals surface area contributed by atoms with Gasteiger partial charge >= 0.3 is 0 Å². The molecule has 0 aliphatic heterocycles. The van der Waals surface area contributed by atoms with Crippen molar-refractivity contribution < 1.29 is 0 Å². The van der Waals surface area contributed by atoms with Crippen LogP contribution in [0.2, 0.25) is 0 Å². The number of halogens is 1. The van der Waals surface area contributed by atoms with Gasteiger partial charge in [0.15, 0.2) is 0 Å². The van der Waals surface area contributed by atoms with Gasteiger partial charge in [-0.2, -0.15) is 0 Å². The van der Waals surface area contributed by atoms with Gasteiger partial charge in [0, 0.05) is 5.88 Å². The van der Waals surface area contributed by atoms with Gasteiger partial charge in [0.1, 0.15) is 0 Å². The molecule has 70 valence electrons. The Morgan fingerprint density at radius 3 is 2.46 bits per heavy atom. The van der Waals surface area contributed by atoms with Crippen LogP contribution in [0.25, 0.3) is 6.08 Å². The molecule has 1 aromatic carbocycles. The first-order valence-electron chi connectivity index (χ1n) is 4.68. The number of aryl methyl sites for hydroxylation is 1. The van der Waals surface area contributed by atoms with Gasteiger partial charge in [0.2, 0.25) is 0 Å². The average molecular weight is 195 g/mol. The minimum atomic E-state index is 0.698. The lowest BCUT2D eigenvalue weighted by molar-refractivity contribution is 1.14. The van der Waals surface area contributed by atoms with Crippen LogP contribution in [0.15, 0.2) is 30.3 Å². The molecule has 0 radical (unpaired) electrons. The van der Waals surface area contributed by atoms with E-state index in [1.807, 2.05) is 0 Å². The van der Waals surface area contributed by atoms with Crippen molar-refractivity contribution in [2.24, 2.45) is 0 Å². The van der Waals surface area contributed by atoms with E-state index in [1.165, 1.54) is 11.1 Å².